The van der Waals surface area contributed by atoms with Crippen molar-refractivity contribution in [2.24, 2.45) is 35.5 Å². The minimum absolute atomic E-state index is 0.0166. The van der Waals surface area contributed by atoms with Crippen LogP contribution in [0.4, 0.5) is 4.79 Å². The molecule has 1 aliphatic carbocycles. The fourth-order valence-electron chi connectivity index (χ4n) is 11.5. The zero-order chi connectivity index (χ0) is 64.6. The summed E-state index contributed by atoms with van der Waals surface area (Å²) in [7, 11) is 8.51. The number of benzene rings is 1. The summed E-state index contributed by atoms with van der Waals surface area (Å²) in [5.74, 6) is -2.37. The second kappa shape index (κ2) is 42.7. The van der Waals surface area contributed by atoms with Gasteiger partial charge in [0.2, 0.25) is 29.5 Å². The van der Waals surface area contributed by atoms with Crippen molar-refractivity contribution in [1.29, 1.82) is 0 Å². The first-order chi connectivity index (χ1) is 40.9. The van der Waals surface area contributed by atoms with Crippen molar-refractivity contribution in [2.45, 2.75) is 167 Å². The molecule has 1 unspecified atom stereocenters. The number of amides is 7. The van der Waals surface area contributed by atoms with Crippen LogP contribution >= 0.6 is 19.4 Å². The molecule has 10 N–H and O–H groups in total. The van der Waals surface area contributed by atoms with Gasteiger partial charge in [0, 0.05) is 78.6 Å². The van der Waals surface area contributed by atoms with Crippen LogP contribution in [0.25, 0.3) is 16.8 Å². The van der Waals surface area contributed by atoms with E-state index in [1.807, 2.05) is 90.9 Å². The predicted octanol–water partition coefficient (Wildman–Crippen LogP) is 4.04. The molecule has 1 aromatic rings. The molecule has 7 amide bonds. The fraction of sp³-hybridized carbons (Fsp3) is 0.800. The molecule has 3 aliphatic rings. The van der Waals surface area contributed by atoms with Crippen LogP contribution in [0.3, 0.4) is 0 Å². The van der Waals surface area contributed by atoms with Crippen molar-refractivity contribution in [2.75, 3.05) is 108 Å². The van der Waals surface area contributed by atoms with E-state index in [1.54, 1.807) is 30.9 Å². The number of urea groups is 1. The number of piperidine rings is 1. The second-order valence-corrected chi connectivity index (χ2v) is 23.8. The maximum Gasteiger partial charge on any atom is 0.0484 e. The molecule has 499 valence electrons. The summed E-state index contributed by atoms with van der Waals surface area (Å²) in [4.78, 5) is 87.6. The number of nitrogens with one attached hydrogen (secondary N) is 7. The summed E-state index contributed by atoms with van der Waals surface area (Å²) >= 11 is 4.23. The van der Waals surface area contributed by atoms with Crippen molar-refractivity contribution >= 4 is 54.9 Å². The Morgan fingerprint density at radius 3 is 1.97 bits per heavy atom. The molecule has 3 fully saturated rings. The van der Waals surface area contributed by atoms with Gasteiger partial charge in [-0.2, -0.15) is 0 Å². The van der Waals surface area contributed by atoms with Gasteiger partial charge >= 0.3 is 41.5 Å². The van der Waals surface area contributed by atoms with Crippen molar-refractivity contribution in [3.05, 3.63) is 52.7 Å². The largest absolute Gasteiger partial charge is 0.674 e. The molecule has 26 heteroatoms. The third kappa shape index (κ3) is 26.0. The zero-order valence-corrected chi connectivity index (χ0v) is 57.5. The molecular weight excluding hydrogens is 1400 g/mol. The number of hydrogen-bond donors (Lipinski definition) is 8. The van der Waals surface area contributed by atoms with Crippen molar-refractivity contribution in [3.63, 3.8) is 0 Å². The average Bonchev–Trinajstić information content (AvgIpc) is 3.38. The van der Waals surface area contributed by atoms with Gasteiger partial charge in [-0.05, 0) is 62.6 Å². The Morgan fingerprint density at radius 2 is 1.42 bits per heavy atom. The Balaban J connectivity index is 0.00000158. The smallest absolute Gasteiger partial charge is 0.0484 e. The Labute approximate surface area is 534 Å². The number of aliphatic hydroxyl groups is 3. The molecule has 2 heterocycles. The van der Waals surface area contributed by atoms with Gasteiger partial charge < -0.3 is 87.4 Å². The molecule has 1 saturated carbocycles. The number of likely N-dealkylation sites (tertiary alicyclic amines) is 1. The van der Waals surface area contributed by atoms with E-state index < -0.39 is 78.5 Å². The Kier molecular flexibility index (Phi) is 39.2. The van der Waals surface area contributed by atoms with Gasteiger partial charge in [-0.1, -0.05) is 98.1 Å². The summed E-state index contributed by atoms with van der Waals surface area (Å²) < 4.78 is 23.4. The van der Waals surface area contributed by atoms with Crippen LogP contribution in [0.1, 0.15) is 99.0 Å². The van der Waals surface area contributed by atoms with E-state index in [0.717, 1.165) is 31.5 Å². The first-order valence-corrected chi connectivity index (χ1v) is 36.9. The van der Waals surface area contributed by atoms with Crippen LogP contribution in [0, 0.1) is 35.5 Å². The van der Waals surface area contributed by atoms with E-state index in [-0.39, 0.29) is 92.3 Å². The minimum Gasteiger partial charge on any atom is -0.674 e. The molecule has 2 saturated heterocycles. The topological polar surface area (TPSA) is 332 Å². The Morgan fingerprint density at radius 1 is 0.802 bits per heavy atom. The van der Waals surface area contributed by atoms with E-state index in [9.17, 15) is 39.0 Å². The molecule has 0 spiro atoms. The molecule has 1 aromatic carbocycles. The maximum absolute atomic E-state index is 14.5. The third-order valence-electron chi connectivity index (χ3n) is 16.7. The molecule has 0 bridgehead atoms. The van der Waals surface area contributed by atoms with Gasteiger partial charge in [0.1, 0.15) is 12.1 Å². The summed E-state index contributed by atoms with van der Waals surface area (Å²) in [5, 5.41) is 46.3. The monoisotopic (exact) mass is 1510 g/mol. The van der Waals surface area contributed by atoms with Gasteiger partial charge in [0.15, 0.2) is 0 Å². The number of likely N-dealkylation sites (N-methyl/N-ethyl adjacent to an activating group) is 2. The SMILES string of the molecule is CC[C@H](C)[C@@H]([C@@H](CC(=O)N1CCC[C@H]1[C@H](OC)[C@@H](C)C(=O)N[C@@H](Cc1ccccc1)C(=O)NCCOCCOCCNC(=O)NCC1CC[N-]CC1)OC)N(C)C(=O)[C@@H](NC(=O)[C@H](C(C)C)N(C)C)C(C)C.[I][Pt].[NH-][C@H]1[C@H](O)[C@@H](CO)CC(O)[C@@H]1[NH-]. The van der Waals surface area contributed by atoms with Crippen molar-refractivity contribution in [1.82, 2.24) is 41.3 Å². The predicted molar refractivity (Wildman–Crippen MR) is 337 cm³/mol. The Bertz CT molecular complexity index is 2100. The van der Waals surface area contributed by atoms with Crippen LogP contribution in [0.2, 0.25) is 0 Å². The number of nitrogens with zero attached hydrogens (tertiary/aromatic N) is 4. The molecule has 4 rings (SSSR count). The molecule has 0 radical (unpaired) electrons. The van der Waals surface area contributed by atoms with Crippen LogP contribution in [-0.4, -0.2) is 240 Å². The number of methoxy groups -OCH3 is 2. The second-order valence-electron chi connectivity index (χ2n) is 23.8. The summed E-state index contributed by atoms with van der Waals surface area (Å²) in [6, 6.07) is 4.23. The fourth-order valence-corrected chi connectivity index (χ4v) is 11.5. The van der Waals surface area contributed by atoms with Crippen LogP contribution < -0.4 is 26.6 Å². The molecule has 0 aromatic heterocycles. The number of carbonyl (C=O) groups excluding carboxylic acids is 6. The van der Waals surface area contributed by atoms with E-state index in [4.69, 9.17) is 35.5 Å². The van der Waals surface area contributed by atoms with E-state index in [2.05, 4.69) is 67.4 Å². The molecule has 86 heavy (non-hydrogen) atoms. The van der Waals surface area contributed by atoms with E-state index in [1.165, 1.54) is 7.11 Å². The molecular formula is C60H106IN11O13Pt-3. The zero-order valence-electron chi connectivity index (χ0n) is 53.0. The normalized spacial score (nSPS) is 22.6. The van der Waals surface area contributed by atoms with Crippen LogP contribution in [0.5, 0.6) is 0 Å². The van der Waals surface area contributed by atoms with Gasteiger partial charge in [-0.3, -0.25) is 28.9 Å². The standard InChI is InChI=1S/C53H92N9O10.C7H14N2O3.HI.Pt/c1-13-37(6)47(61(10)52(67)45(35(2)3)59-51(66)46(36(4)5)60(8)9)43(69-11)33-44(63)62-27-17-20-42(62)48(70-12)38(7)49(64)58-41(32-39-18-15-14-16-19-39)50(65)55-25-28-71-30-31-72-29-26-56-53(68)57-34-40-21-23-54-24-22-40;8-5-4(11)1-3(2-10)7(12)6(5)9;;/h14-16,18-19,35-38,40-43,45-48H,13,17,20-34H2,1-12H3,(H,55,65)(H,58,64)(H,59,66)(H2,56,57,68);3-12H,1-2H2;1H;/q-1;-2;;+1/p-1/t37-,38+,41-,42-,43+,45-,46-,47-,48+;3-,4?,5+,6-,7-;;/m01../s1. The Hall–Kier alpha value is -3.18. The number of hydrogen-bond acceptors (Lipinski definition) is 14. The van der Waals surface area contributed by atoms with Crippen LogP contribution in [0.15, 0.2) is 30.3 Å². The van der Waals surface area contributed by atoms with Gasteiger partial charge in [0.05, 0.1) is 69.1 Å². The quantitative estimate of drug-likeness (QED) is 0.0364. The number of ether oxygens (including phenoxy) is 4. The molecule has 24 nitrogen and oxygen atoms in total. The average molecular weight is 1510 g/mol. The maximum atomic E-state index is 14.5. The van der Waals surface area contributed by atoms with Crippen LogP contribution in [-0.2, 0) is 65.5 Å². The first-order valence-electron chi connectivity index (χ1n) is 30.5. The summed E-state index contributed by atoms with van der Waals surface area (Å²) in [5.41, 5.74) is 15.5. The molecule has 14 atom stereocenters. The van der Waals surface area contributed by atoms with Gasteiger partial charge in [-0.25, -0.2) is 4.79 Å². The molecule has 2 aliphatic heterocycles. The van der Waals surface area contributed by atoms with Crippen molar-refractivity contribution < 1.29 is 79.2 Å². The van der Waals surface area contributed by atoms with E-state index in [0.29, 0.717) is 64.6 Å². The summed E-state index contributed by atoms with van der Waals surface area (Å²) in [6.45, 7) is 17.9. The summed E-state index contributed by atoms with van der Waals surface area (Å²) in [6.07, 6.45) is 1.24. The third-order valence-corrected chi connectivity index (χ3v) is 16.7. The number of aliphatic hydroxyl groups excluding tert-OH is 3. The minimum atomic E-state index is -1.01. The van der Waals surface area contributed by atoms with Crippen molar-refractivity contribution in [3.8, 4) is 0 Å². The number of carbonyl (C=O) groups is 6. The number of rotatable bonds is 33. The first kappa shape index (κ1) is 78.9. The van der Waals surface area contributed by atoms with E-state index >= 15 is 0 Å². The number of halogens is 1. The van der Waals surface area contributed by atoms with Gasteiger partial charge in [-0.15, -0.1) is 25.2 Å². The van der Waals surface area contributed by atoms with Gasteiger partial charge in [0.25, 0.3) is 0 Å².